The van der Waals surface area contributed by atoms with E-state index in [-0.39, 0.29) is 0 Å². The molecular weight excluding hydrogens is 367 g/mol. The molecule has 2 nitrogen and oxygen atoms in total. The normalized spacial score (nSPS) is 10.6. The minimum absolute atomic E-state index is 0.899. The molecule has 15 heavy (non-hydrogen) atoms. The highest BCUT2D eigenvalue weighted by Crippen LogP contribution is 2.17. The van der Waals surface area contributed by atoms with Crippen LogP contribution in [-0.2, 0) is 5.33 Å². The van der Waals surface area contributed by atoms with E-state index in [2.05, 4.69) is 68.7 Å². The van der Waals surface area contributed by atoms with Gasteiger partial charge >= 0.3 is 0 Å². The lowest BCUT2D eigenvalue weighted by molar-refractivity contribution is 0.878. The molecule has 2 rings (SSSR count). The van der Waals surface area contributed by atoms with E-state index < -0.39 is 0 Å². The summed E-state index contributed by atoms with van der Waals surface area (Å²) in [5.41, 5.74) is 3.72. The monoisotopic (exact) mass is 376 g/mol. The highest BCUT2D eigenvalue weighted by atomic mass is 127. The zero-order valence-electron chi connectivity index (χ0n) is 8.24. The van der Waals surface area contributed by atoms with Crippen LogP contribution in [0, 0.1) is 10.5 Å². The van der Waals surface area contributed by atoms with E-state index in [1.54, 1.807) is 0 Å². The van der Waals surface area contributed by atoms with E-state index in [0.717, 1.165) is 14.6 Å². The average Bonchev–Trinajstić information content (AvgIpc) is 2.65. The second-order valence-electron chi connectivity index (χ2n) is 3.35. The summed E-state index contributed by atoms with van der Waals surface area (Å²) in [6.07, 6.45) is 3.87. The Morgan fingerprint density at radius 2 is 2.27 bits per heavy atom. The van der Waals surface area contributed by atoms with E-state index in [1.165, 1.54) is 11.1 Å². The Kier molecular flexibility index (Phi) is 3.45. The third-order valence-corrected chi connectivity index (χ3v) is 3.45. The number of halogens is 2. The molecule has 0 radical (unpaired) electrons. The lowest BCUT2D eigenvalue weighted by atomic mass is 10.1. The van der Waals surface area contributed by atoms with Crippen LogP contribution >= 0.6 is 38.5 Å². The van der Waals surface area contributed by atoms with Crippen molar-refractivity contribution in [3.05, 3.63) is 45.3 Å². The molecular formula is C11H10BrIN2. The summed E-state index contributed by atoms with van der Waals surface area (Å²) in [4.78, 5) is 0. The number of benzene rings is 1. The predicted octanol–water partition coefficient (Wildman–Crippen LogP) is 3.68. The molecule has 1 heterocycles. The molecule has 0 N–H and O–H groups in total. The molecule has 0 saturated heterocycles. The van der Waals surface area contributed by atoms with Crippen LogP contribution in [0.2, 0.25) is 0 Å². The van der Waals surface area contributed by atoms with Gasteiger partial charge in [-0.1, -0.05) is 22.0 Å². The van der Waals surface area contributed by atoms with Crippen LogP contribution in [0.4, 0.5) is 0 Å². The van der Waals surface area contributed by atoms with Gasteiger partial charge in [0.15, 0.2) is 0 Å². The van der Waals surface area contributed by atoms with E-state index in [0.29, 0.717) is 0 Å². The molecule has 0 aliphatic rings. The molecule has 4 heteroatoms. The third-order valence-electron chi connectivity index (χ3n) is 2.29. The summed E-state index contributed by atoms with van der Waals surface area (Å²) in [5, 5.41) is 5.18. The van der Waals surface area contributed by atoms with Crippen LogP contribution < -0.4 is 0 Å². The second kappa shape index (κ2) is 4.65. The topological polar surface area (TPSA) is 17.8 Å². The van der Waals surface area contributed by atoms with Crippen molar-refractivity contribution in [1.29, 1.82) is 0 Å². The van der Waals surface area contributed by atoms with Gasteiger partial charge in [0, 0.05) is 11.5 Å². The minimum atomic E-state index is 0.899. The van der Waals surface area contributed by atoms with Gasteiger partial charge in [-0.25, -0.2) is 4.68 Å². The van der Waals surface area contributed by atoms with Crippen molar-refractivity contribution >= 4 is 38.5 Å². The van der Waals surface area contributed by atoms with Crippen molar-refractivity contribution in [3.63, 3.8) is 0 Å². The second-order valence-corrected chi connectivity index (χ2v) is 5.15. The van der Waals surface area contributed by atoms with Gasteiger partial charge in [-0.05, 0) is 52.8 Å². The fourth-order valence-electron chi connectivity index (χ4n) is 1.41. The van der Waals surface area contributed by atoms with Gasteiger partial charge in [0.1, 0.15) is 0 Å². The van der Waals surface area contributed by atoms with E-state index in [9.17, 15) is 0 Å². The number of hydrogen-bond acceptors (Lipinski definition) is 1. The maximum atomic E-state index is 4.28. The molecule has 1 aromatic carbocycles. The molecule has 2 aromatic rings. The third kappa shape index (κ3) is 2.42. The number of nitrogens with zero attached hydrogens (tertiary/aromatic N) is 2. The maximum absolute atomic E-state index is 4.28. The quantitative estimate of drug-likeness (QED) is 0.577. The fraction of sp³-hybridized carbons (Fsp3) is 0.182. The van der Waals surface area contributed by atoms with Crippen molar-refractivity contribution in [1.82, 2.24) is 9.78 Å². The molecule has 0 unspecified atom stereocenters. The Labute approximate surface area is 111 Å². The number of alkyl halides is 1. The van der Waals surface area contributed by atoms with Gasteiger partial charge in [0.2, 0.25) is 0 Å². The molecule has 0 amide bonds. The first-order valence-electron chi connectivity index (χ1n) is 4.57. The molecule has 0 aliphatic heterocycles. The lowest BCUT2D eigenvalue weighted by Crippen LogP contribution is -1.96. The van der Waals surface area contributed by atoms with Crippen LogP contribution in [0.25, 0.3) is 5.69 Å². The van der Waals surface area contributed by atoms with Gasteiger partial charge < -0.3 is 0 Å². The van der Waals surface area contributed by atoms with Crippen LogP contribution in [0.3, 0.4) is 0 Å². The van der Waals surface area contributed by atoms with Crippen LogP contribution in [-0.4, -0.2) is 9.78 Å². The summed E-state index contributed by atoms with van der Waals surface area (Å²) in [6.45, 7) is 2.12. The number of rotatable bonds is 2. The first-order valence-corrected chi connectivity index (χ1v) is 6.77. The smallest absolute Gasteiger partial charge is 0.0648 e. The fourth-order valence-corrected chi connectivity index (χ4v) is 2.43. The Bertz CT molecular complexity index is 479. The minimum Gasteiger partial charge on any atom is -0.240 e. The molecule has 0 fully saturated rings. The van der Waals surface area contributed by atoms with E-state index >= 15 is 0 Å². The van der Waals surface area contributed by atoms with E-state index in [1.807, 2.05) is 17.1 Å². The summed E-state index contributed by atoms with van der Waals surface area (Å²) < 4.78 is 3.04. The predicted molar refractivity (Wildman–Crippen MR) is 73.6 cm³/mol. The first-order chi connectivity index (χ1) is 7.20. The van der Waals surface area contributed by atoms with Crippen molar-refractivity contribution in [3.8, 4) is 5.69 Å². The van der Waals surface area contributed by atoms with Gasteiger partial charge in [-0.15, -0.1) is 0 Å². The van der Waals surface area contributed by atoms with Crippen LogP contribution in [0.5, 0.6) is 0 Å². The van der Waals surface area contributed by atoms with Crippen molar-refractivity contribution in [2.45, 2.75) is 12.3 Å². The Balaban J connectivity index is 2.42. The zero-order chi connectivity index (χ0) is 10.8. The van der Waals surface area contributed by atoms with Crippen LogP contribution in [0.1, 0.15) is 11.1 Å². The standard InChI is InChI=1S/C11H10BrIN2/c1-8-4-11(3-2-9(8)5-12)15-7-10(13)6-14-15/h2-4,6-7H,5H2,1H3. The van der Waals surface area contributed by atoms with Gasteiger partial charge in [0.05, 0.1) is 15.5 Å². The summed E-state index contributed by atoms with van der Waals surface area (Å²) in [6, 6.07) is 6.38. The SMILES string of the molecule is Cc1cc(-n2cc(I)cn2)ccc1CBr. The summed E-state index contributed by atoms with van der Waals surface area (Å²) in [7, 11) is 0. The van der Waals surface area contributed by atoms with Crippen LogP contribution in [0.15, 0.2) is 30.6 Å². The van der Waals surface area contributed by atoms with Crippen molar-refractivity contribution < 1.29 is 0 Å². The zero-order valence-corrected chi connectivity index (χ0v) is 12.0. The highest BCUT2D eigenvalue weighted by Gasteiger charge is 2.01. The largest absolute Gasteiger partial charge is 0.240 e. The maximum Gasteiger partial charge on any atom is 0.0648 e. The molecule has 0 bridgehead atoms. The molecule has 0 saturated carbocycles. The Morgan fingerprint density at radius 3 is 2.80 bits per heavy atom. The molecule has 0 spiro atoms. The molecule has 0 aliphatic carbocycles. The van der Waals surface area contributed by atoms with Gasteiger partial charge in [-0.3, -0.25) is 0 Å². The van der Waals surface area contributed by atoms with Crippen molar-refractivity contribution in [2.75, 3.05) is 0 Å². The first kappa shape index (κ1) is 11.1. The molecule has 78 valence electrons. The molecule has 1 aromatic heterocycles. The Hall–Kier alpha value is -0.360. The number of aryl methyl sites for hydroxylation is 1. The van der Waals surface area contributed by atoms with Gasteiger partial charge in [0.25, 0.3) is 0 Å². The average molecular weight is 377 g/mol. The number of aromatic nitrogens is 2. The molecule has 0 atom stereocenters. The summed E-state index contributed by atoms with van der Waals surface area (Å²) in [5.74, 6) is 0. The Morgan fingerprint density at radius 1 is 1.47 bits per heavy atom. The van der Waals surface area contributed by atoms with Crippen molar-refractivity contribution in [2.24, 2.45) is 0 Å². The highest BCUT2D eigenvalue weighted by molar-refractivity contribution is 14.1. The lowest BCUT2D eigenvalue weighted by Gasteiger charge is -2.06. The number of hydrogen-bond donors (Lipinski definition) is 0. The van der Waals surface area contributed by atoms with E-state index in [4.69, 9.17) is 0 Å². The summed E-state index contributed by atoms with van der Waals surface area (Å²) >= 11 is 5.73. The van der Waals surface area contributed by atoms with Gasteiger partial charge in [-0.2, -0.15) is 5.10 Å².